The zero-order valence-corrected chi connectivity index (χ0v) is 30.3. The van der Waals surface area contributed by atoms with E-state index in [4.69, 9.17) is 13.9 Å². The minimum Gasteiger partial charge on any atom is -0.502 e. The number of nitrogens with zero attached hydrogens (tertiary/aromatic N) is 3. The van der Waals surface area contributed by atoms with E-state index in [1.807, 2.05) is 55.5 Å². The van der Waals surface area contributed by atoms with Crippen LogP contribution < -0.4 is 19.3 Å². The third-order valence-electron chi connectivity index (χ3n) is 12.0. The monoisotopic (exact) mass is 735 g/mol. The molecule has 3 fully saturated rings. The van der Waals surface area contributed by atoms with Gasteiger partial charge >= 0.3 is 0 Å². The topological polar surface area (TPSA) is 139 Å². The first-order valence-corrected chi connectivity index (χ1v) is 18.2. The van der Waals surface area contributed by atoms with Crippen molar-refractivity contribution in [3.8, 4) is 28.7 Å². The molecular weight excluding hydrogens is 698 g/mol. The van der Waals surface area contributed by atoms with Crippen molar-refractivity contribution >= 4 is 52.2 Å². The molecule has 0 unspecified atom stereocenters. The van der Waals surface area contributed by atoms with Gasteiger partial charge in [0, 0.05) is 11.5 Å². The predicted molar refractivity (Wildman–Crippen MR) is 204 cm³/mol. The summed E-state index contributed by atoms with van der Waals surface area (Å²) in [4.78, 5) is 64.8. The van der Waals surface area contributed by atoms with Crippen molar-refractivity contribution in [1.29, 1.82) is 0 Å². The fourth-order valence-corrected chi connectivity index (χ4v) is 9.26. The number of phenolic OH excluding ortho intramolecular Hbond substituents is 1. The Morgan fingerprint density at radius 1 is 0.818 bits per heavy atom. The van der Waals surface area contributed by atoms with Gasteiger partial charge in [0.05, 0.1) is 48.8 Å². The van der Waals surface area contributed by atoms with Crippen LogP contribution in [0.5, 0.6) is 17.2 Å². The summed E-state index contributed by atoms with van der Waals surface area (Å²) in [6.07, 6.45) is 6.29. The van der Waals surface area contributed by atoms with Gasteiger partial charge in [0.25, 0.3) is 0 Å². The van der Waals surface area contributed by atoms with Crippen LogP contribution in [-0.2, 0) is 19.2 Å². The zero-order valence-electron chi connectivity index (χ0n) is 30.3. The minimum atomic E-state index is -1.18. The molecule has 9 rings (SSSR count). The predicted octanol–water partition coefficient (Wildman–Crippen LogP) is 7.20. The molecule has 4 aliphatic rings. The van der Waals surface area contributed by atoms with Gasteiger partial charge in [-0.3, -0.25) is 24.1 Å². The normalized spacial score (nSPS) is 26.0. The third-order valence-corrected chi connectivity index (χ3v) is 12.0. The van der Waals surface area contributed by atoms with Crippen LogP contribution in [0, 0.1) is 35.0 Å². The molecule has 2 aliphatic carbocycles. The first-order chi connectivity index (χ1) is 26.6. The molecule has 276 valence electrons. The standard InChI is InChI=1S/C44H37N3O8/c1-44-31(20-13-24-21-35(53-2)38(48)36(22-24)54-3)28-18-19-29-37(30(28)23-32(44)41(50)47(43(44)52)26-9-5-4-6-10-26)42(51)46(40(29)49)27-16-14-25(15-17-27)39-45-33-11-7-8-12-34(33)55-39/h4-18,20-22,29-32,37,48H,19,23H2,1-3H3/t29-,30+,31-,32-,37-,44-/m0/s1. The first-order valence-electron chi connectivity index (χ1n) is 18.2. The Hall–Kier alpha value is -6.49. The Balaban J connectivity index is 1.09. The number of oxazole rings is 1. The number of carbonyl (C=O) groups excluding carboxylic acids is 4. The summed E-state index contributed by atoms with van der Waals surface area (Å²) in [6, 6.07) is 26.7. The van der Waals surface area contributed by atoms with Gasteiger partial charge in [-0.2, -0.15) is 0 Å². The molecule has 0 bridgehead atoms. The number of rotatable bonds is 7. The van der Waals surface area contributed by atoms with Gasteiger partial charge in [0.1, 0.15) is 5.52 Å². The van der Waals surface area contributed by atoms with Crippen molar-refractivity contribution in [3.05, 3.63) is 114 Å². The second-order valence-corrected chi connectivity index (χ2v) is 14.7. The van der Waals surface area contributed by atoms with Gasteiger partial charge in [0.2, 0.25) is 35.3 Å². The highest BCUT2D eigenvalue weighted by Crippen LogP contribution is 2.61. The fourth-order valence-electron chi connectivity index (χ4n) is 9.26. The number of allylic oxidation sites excluding steroid dienone is 3. The summed E-state index contributed by atoms with van der Waals surface area (Å²) >= 11 is 0. The first kappa shape index (κ1) is 34.3. The molecule has 5 aromatic rings. The van der Waals surface area contributed by atoms with E-state index in [2.05, 4.69) is 4.98 Å². The number of carbonyl (C=O) groups is 4. The molecule has 2 aliphatic heterocycles. The summed E-state index contributed by atoms with van der Waals surface area (Å²) < 4.78 is 16.7. The van der Waals surface area contributed by atoms with E-state index in [9.17, 15) is 24.3 Å². The highest BCUT2D eigenvalue weighted by molar-refractivity contribution is 6.25. The number of imide groups is 2. The lowest BCUT2D eigenvalue weighted by molar-refractivity contribution is -0.132. The molecule has 1 aromatic heterocycles. The number of aromatic hydroxyl groups is 1. The summed E-state index contributed by atoms with van der Waals surface area (Å²) in [7, 11) is 2.89. The molecule has 55 heavy (non-hydrogen) atoms. The van der Waals surface area contributed by atoms with Crippen LogP contribution in [-0.4, -0.2) is 47.9 Å². The van der Waals surface area contributed by atoms with Crippen LogP contribution >= 0.6 is 0 Å². The van der Waals surface area contributed by atoms with Crippen molar-refractivity contribution < 1.29 is 38.2 Å². The van der Waals surface area contributed by atoms with E-state index in [0.29, 0.717) is 40.4 Å². The van der Waals surface area contributed by atoms with Crippen LogP contribution in [0.2, 0.25) is 0 Å². The lowest BCUT2D eigenvalue weighted by atomic mass is 9.52. The minimum absolute atomic E-state index is 0.141. The fraction of sp³-hybridized carbons (Fsp3) is 0.250. The van der Waals surface area contributed by atoms with E-state index >= 15 is 0 Å². The summed E-state index contributed by atoms with van der Waals surface area (Å²) in [5.41, 5.74) is 3.34. The van der Waals surface area contributed by atoms with Crippen molar-refractivity contribution in [2.24, 2.45) is 35.0 Å². The molecule has 0 spiro atoms. The molecule has 0 radical (unpaired) electrons. The Labute approximate surface area is 316 Å². The van der Waals surface area contributed by atoms with Gasteiger partial charge in [-0.25, -0.2) is 9.88 Å². The molecule has 4 amide bonds. The number of hydrogen-bond acceptors (Lipinski definition) is 9. The lowest BCUT2D eigenvalue weighted by Crippen LogP contribution is -2.49. The number of fused-ring (bicyclic) bond motifs is 5. The van der Waals surface area contributed by atoms with Gasteiger partial charge < -0.3 is 19.0 Å². The molecule has 1 saturated carbocycles. The van der Waals surface area contributed by atoms with Gasteiger partial charge in [-0.05, 0) is 91.9 Å². The number of methoxy groups -OCH3 is 2. The van der Waals surface area contributed by atoms with Crippen molar-refractivity contribution in [2.75, 3.05) is 24.0 Å². The molecule has 2 saturated heterocycles. The number of aromatic nitrogens is 1. The van der Waals surface area contributed by atoms with E-state index in [-0.39, 0.29) is 47.3 Å². The number of phenols is 1. The molecule has 3 heterocycles. The second kappa shape index (κ2) is 12.8. The maximum Gasteiger partial charge on any atom is 0.241 e. The highest BCUT2D eigenvalue weighted by atomic mass is 16.5. The maximum absolute atomic E-state index is 14.6. The molecular formula is C44H37N3O8. The third kappa shape index (κ3) is 5.13. The van der Waals surface area contributed by atoms with Crippen LogP contribution in [0.15, 0.2) is 113 Å². The van der Waals surface area contributed by atoms with Gasteiger partial charge in [0.15, 0.2) is 17.1 Å². The van der Waals surface area contributed by atoms with Gasteiger partial charge in [-0.15, -0.1) is 0 Å². The molecule has 4 aromatic carbocycles. The van der Waals surface area contributed by atoms with E-state index in [1.165, 1.54) is 24.0 Å². The summed E-state index contributed by atoms with van der Waals surface area (Å²) in [5.74, 6) is -3.69. The Morgan fingerprint density at radius 2 is 1.49 bits per heavy atom. The Morgan fingerprint density at radius 3 is 2.18 bits per heavy atom. The quantitative estimate of drug-likeness (QED) is 0.136. The number of ether oxygens (including phenoxy) is 2. The number of benzene rings is 4. The van der Waals surface area contributed by atoms with Crippen LogP contribution in [0.4, 0.5) is 11.4 Å². The number of amides is 4. The van der Waals surface area contributed by atoms with Crippen molar-refractivity contribution in [2.45, 2.75) is 19.8 Å². The van der Waals surface area contributed by atoms with Crippen molar-refractivity contribution in [1.82, 2.24) is 4.98 Å². The largest absolute Gasteiger partial charge is 0.502 e. The SMILES string of the molecule is COc1cc(C=C[C@H]2C3=CC[C@@H]4C(=O)N(c5ccc(-c6nc7ccccc7o6)cc5)C(=O)[C@@H]4[C@@H]3C[C@H]3C(=O)N(c4ccccc4)C(=O)[C@@]23C)cc(OC)c1O. The molecule has 11 nitrogen and oxygen atoms in total. The highest BCUT2D eigenvalue weighted by Gasteiger charge is 2.67. The maximum atomic E-state index is 14.6. The van der Waals surface area contributed by atoms with Crippen LogP contribution in [0.25, 0.3) is 28.6 Å². The smallest absolute Gasteiger partial charge is 0.241 e. The van der Waals surface area contributed by atoms with Gasteiger partial charge in [-0.1, -0.05) is 54.1 Å². The summed E-state index contributed by atoms with van der Waals surface area (Å²) in [5, 5.41) is 10.5. The van der Waals surface area contributed by atoms with Crippen LogP contribution in [0.3, 0.4) is 0 Å². The zero-order chi connectivity index (χ0) is 38.2. The van der Waals surface area contributed by atoms with Crippen LogP contribution in [0.1, 0.15) is 25.3 Å². The average molecular weight is 736 g/mol. The number of anilines is 2. The number of hydrogen-bond donors (Lipinski definition) is 1. The number of para-hydroxylation sites is 3. The van der Waals surface area contributed by atoms with Crippen molar-refractivity contribution in [3.63, 3.8) is 0 Å². The van der Waals surface area contributed by atoms with E-state index in [1.54, 1.807) is 60.7 Å². The lowest BCUT2D eigenvalue weighted by Gasteiger charge is -2.47. The Kier molecular flexibility index (Phi) is 8.00. The Bertz CT molecular complexity index is 2410. The second-order valence-electron chi connectivity index (χ2n) is 14.7. The van der Waals surface area contributed by atoms with E-state index < -0.39 is 35.0 Å². The summed E-state index contributed by atoms with van der Waals surface area (Å²) in [6.45, 7) is 1.84. The average Bonchev–Trinajstić information content (AvgIpc) is 3.81. The molecule has 1 N–H and O–H groups in total. The van der Waals surface area contributed by atoms with E-state index in [0.717, 1.165) is 11.1 Å². The molecule has 6 atom stereocenters. The molecule has 11 heteroatoms.